The Kier molecular flexibility index (Phi) is 6.53. The minimum Gasteiger partial charge on any atom is -0.376 e. The third-order valence-corrected chi connectivity index (χ3v) is 4.75. The predicted molar refractivity (Wildman–Crippen MR) is 96.5 cm³/mol. The first-order chi connectivity index (χ1) is 9.62. The highest BCUT2D eigenvalue weighted by Gasteiger charge is 2.57. The van der Waals surface area contributed by atoms with Gasteiger partial charge in [-0.3, -0.25) is 4.79 Å². The van der Waals surface area contributed by atoms with E-state index < -0.39 is 0 Å². The van der Waals surface area contributed by atoms with Crippen LogP contribution in [0.4, 0.5) is 11.4 Å². The zero-order chi connectivity index (χ0) is 14.2. The molecular formula is C16H25Cl2N3O. The molecule has 1 unspecified atom stereocenters. The van der Waals surface area contributed by atoms with E-state index in [1.807, 2.05) is 43.3 Å². The smallest absolute Gasteiger partial charge is 0.228 e. The molecule has 124 valence electrons. The van der Waals surface area contributed by atoms with E-state index in [4.69, 9.17) is 0 Å². The lowest BCUT2D eigenvalue weighted by atomic mass is 9.92. The van der Waals surface area contributed by atoms with Gasteiger partial charge in [-0.25, -0.2) is 0 Å². The van der Waals surface area contributed by atoms with Gasteiger partial charge in [0.2, 0.25) is 5.91 Å². The lowest BCUT2D eigenvalue weighted by molar-refractivity contribution is -0.118. The zero-order valence-electron chi connectivity index (χ0n) is 13.1. The maximum absolute atomic E-state index is 12.5. The Balaban J connectivity index is 0.00000121. The van der Waals surface area contributed by atoms with E-state index in [0.29, 0.717) is 5.41 Å². The number of amides is 1. The Morgan fingerprint density at radius 2 is 1.86 bits per heavy atom. The fraction of sp³-hybridized carbons (Fsp3) is 0.562. The van der Waals surface area contributed by atoms with E-state index in [2.05, 4.69) is 10.6 Å². The molecule has 1 spiro atoms. The molecule has 4 nitrogen and oxygen atoms in total. The second-order valence-corrected chi connectivity index (χ2v) is 6.27. The zero-order valence-corrected chi connectivity index (χ0v) is 14.7. The van der Waals surface area contributed by atoms with Crippen LogP contribution < -0.4 is 15.5 Å². The number of benzene rings is 1. The average molecular weight is 346 g/mol. The van der Waals surface area contributed by atoms with Gasteiger partial charge in [-0.15, -0.1) is 24.8 Å². The number of para-hydroxylation sites is 2. The highest BCUT2D eigenvalue weighted by atomic mass is 35.5. The van der Waals surface area contributed by atoms with E-state index in [-0.39, 0.29) is 36.6 Å². The number of nitrogens with one attached hydrogen (secondary N) is 2. The van der Waals surface area contributed by atoms with Crippen molar-refractivity contribution in [3.05, 3.63) is 24.3 Å². The van der Waals surface area contributed by atoms with Gasteiger partial charge in [-0.1, -0.05) is 12.1 Å². The number of carbonyl (C=O) groups excluding carboxylic acids is 1. The normalized spacial score (nSPS) is 21.3. The molecule has 1 aliphatic carbocycles. The number of anilines is 2. The van der Waals surface area contributed by atoms with Crippen LogP contribution in [-0.4, -0.2) is 33.1 Å². The van der Waals surface area contributed by atoms with Gasteiger partial charge < -0.3 is 15.5 Å². The number of piperidine rings is 1. The Morgan fingerprint density at radius 1 is 1.23 bits per heavy atom. The van der Waals surface area contributed by atoms with Gasteiger partial charge in [0.15, 0.2) is 0 Å². The van der Waals surface area contributed by atoms with Crippen LogP contribution in [0.2, 0.25) is 0 Å². The monoisotopic (exact) mass is 345 g/mol. The molecule has 0 aromatic heterocycles. The fourth-order valence-electron chi connectivity index (χ4n) is 3.38. The minimum atomic E-state index is 0. The maximum Gasteiger partial charge on any atom is 0.228 e. The molecule has 1 aliphatic heterocycles. The fourth-order valence-corrected chi connectivity index (χ4v) is 3.38. The van der Waals surface area contributed by atoms with Gasteiger partial charge >= 0.3 is 0 Å². The van der Waals surface area contributed by atoms with Crippen molar-refractivity contribution in [1.82, 2.24) is 5.32 Å². The van der Waals surface area contributed by atoms with E-state index in [0.717, 1.165) is 43.7 Å². The van der Waals surface area contributed by atoms with Crippen molar-refractivity contribution in [2.75, 3.05) is 37.4 Å². The van der Waals surface area contributed by atoms with Crippen LogP contribution in [0.15, 0.2) is 24.3 Å². The molecule has 6 heteroatoms. The molecule has 1 heterocycles. The number of rotatable bonds is 3. The van der Waals surface area contributed by atoms with Crippen LogP contribution in [0.25, 0.3) is 0 Å². The second kappa shape index (κ2) is 7.53. The third kappa shape index (κ3) is 3.67. The summed E-state index contributed by atoms with van der Waals surface area (Å²) in [5.74, 6) is 0.404. The van der Waals surface area contributed by atoms with Crippen molar-refractivity contribution in [2.24, 2.45) is 11.3 Å². The first-order valence-electron chi connectivity index (χ1n) is 7.40. The third-order valence-electron chi connectivity index (χ3n) is 4.75. The standard InChI is InChI=1S/C16H23N3O.2ClH/c1-19(2)14-6-4-3-5-13(14)18-15(20)12-11-16(12)7-9-17-10-8-16;;/h3-6,12,17H,7-11H2,1-2H3,(H,18,20);2*1H. The van der Waals surface area contributed by atoms with Gasteiger partial charge in [0.05, 0.1) is 11.4 Å². The summed E-state index contributed by atoms with van der Waals surface area (Å²) in [6, 6.07) is 7.97. The first kappa shape index (κ1) is 19.1. The quantitative estimate of drug-likeness (QED) is 0.885. The Morgan fingerprint density at radius 3 is 2.50 bits per heavy atom. The van der Waals surface area contributed by atoms with Crippen LogP contribution in [-0.2, 0) is 4.79 Å². The summed E-state index contributed by atoms with van der Waals surface area (Å²) in [6.07, 6.45) is 3.34. The molecule has 1 aromatic carbocycles. The number of nitrogens with zero attached hydrogens (tertiary/aromatic N) is 1. The largest absolute Gasteiger partial charge is 0.376 e. The summed E-state index contributed by atoms with van der Waals surface area (Å²) in [5, 5.41) is 6.50. The SMILES string of the molecule is CN(C)c1ccccc1NC(=O)C1CC12CCNCC2.Cl.Cl. The average Bonchev–Trinajstić information content (AvgIpc) is 3.13. The highest BCUT2D eigenvalue weighted by Crippen LogP contribution is 2.58. The van der Waals surface area contributed by atoms with Gasteiger partial charge in [-0.2, -0.15) is 0 Å². The maximum atomic E-state index is 12.5. The number of hydrogen-bond acceptors (Lipinski definition) is 3. The van der Waals surface area contributed by atoms with Gasteiger partial charge in [0, 0.05) is 20.0 Å². The van der Waals surface area contributed by atoms with Crippen LogP contribution in [0.1, 0.15) is 19.3 Å². The van der Waals surface area contributed by atoms with Crippen molar-refractivity contribution in [1.29, 1.82) is 0 Å². The predicted octanol–water partition coefficient (Wildman–Crippen LogP) is 2.92. The molecule has 2 fully saturated rings. The van der Waals surface area contributed by atoms with Gasteiger partial charge in [-0.05, 0) is 49.9 Å². The number of halogens is 2. The highest BCUT2D eigenvalue weighted by molar-refractivity contribution is 5.97. The lowest BCUT2D eigenvalue weighted by Crippen LogP contribution is -2.31. The summed E-state index contributed by atoms with van der Waals surface area (Å²) < 4.78 is 0. The summed E-state index contributed by atoms with van der Waals surface area (Å²) in [4.78, 5) is 14.5. The topological polar surface area (TPSA) is 44.4 Å². The Bertz CT molecular complexity index is 516. The lowest BCUT2D eigenvalue weighted by Gasteiger charge is -2.23. The first-order valence-corrected chi connectivity index (χ1v) is 7.40. The number of carbonyl (C=O) groups is 1. The van der Waals surface area contributed by atoms with Crippen molar-refractivity contribution in [3.63, 3.8) is 0 Å². The molecule has 1 saturated carbocycles. The molecule has 3 rings (SSSR count). The summed E-state index contributed by atoms with van der Waals surface area (Å²) in [6.45, 7) is 2.11. The Hall–Kier alpha value is -0.970. The van der Waals surface area contributed by atoms with Crippen LogP contribution in [0, 0.1) is 11.3 Å². The van der Waals surface area contributed by atoms with Gasteiger partial charge in [0.25, 0.3) is 0 Å². The molecule has 1 atom stereocenters. The van der Waals surface area contributed by atoms with Crippen LogP contribution >= 0.6 is 24.8 Å². The van der Waals surface area contributed by atoms with Crippen molar-refractivity contribution in [2.45, 2.75) is 19.3 Å². The summed E-state index contributed by atoms with van der Waals surface area (Å²) >= 11 is 0. The molecule has 0 radical (unpaired) electrons. The molecule has 2 N–H and O–H groups in total. The van der Waals surface area contributed by atoms with Crippen molar-refractivity contribution in [3.8, 4) is 0 Å². The molecule has 1 amide bonds. The second-order valence-electron chi connectivity index (χ2n) is 6.27. The van der Waals surface area contributed by atoms with Crippen LogP contribution in [0.5, 0.6) is 0 Å². The van der Waals surface area contributed by atoms with Crippen molar-refractivity contribution < 1.29 is 4.79 Å². The van der Waals surface area contributed by atoms with Gasteiger partial charge in [0.1, 0.15) is 0 Å². The molecule has 0 bridgehead atoms. The van der Waals surface area contributed by atoms with E-state index in [1.54, 1.807) is 0 Å². The van der Waals surface area contributed by atoms with E-state index in [1.165, 1.54) is 0 Å². The molecule has 1 aromatic rings. The van der Waals surface area contributed by atoms with Crippen LogP contribution in [0.3, 0.4) is 0 Å². The minimum absolute atomic E-state index is 0. The number of hydrogen-bond donors (Lipinski definition) is 2. The van der Waals surface area contributed by atoms with E-state index >= 15 is 0 Å². The van der Waals surface area contributed by atoms with E-state index in [9.17, 15) is 4.79 Å². The molecule has 22 heavy (non-hydrogen) atoms. The molecule has 2 aliphatic rings. The Labute approximate surface area is 144 Å². The van der Waals surface area contributed by atoms with Crippen molar-refractivity contribution >= 4 is 42.1 Å². The molecule has 1 saturated heterocycles. The molecular weight excluding hydrogens is 321 g/mol. The summed E-state index contributed by atoms with van der Waals surface area (Å²) in [7, 11) is 3.99. The summed E-state index contributed by atoms with van der Waals surface area (Å²) in [5.41, 5.74) is 2.27.